The van der Waals surface area contributed by atoms with Gasteiger partial charge in [-0.05, 0) is 66.6 Å². The molecule has 0 fully saturated rings. The molecule has 0 aliphatic rings. The molecule has 1 aromatic heterocycles. The second-order valence-corrected chi connectivity index (χ2v) is 8.86. The minimum Gasteiger partial charge on any atom is -0.489 e. The fourth-order valence-electron chi connectivity index (χ4n) is 3.70. The van der Waals surface area contributed by atoms with Crippen molar-refractivity contribution in [1.29, 1.82) is 5.26 Å². The summed E-state index contributed by atoms with van der Waals surface area (Å²) in [5.41, 5.74) is 3.97. The van der Waals surface area contributed by atoms with Crippen molar-refractivity contribution in [2.24, 2.45) is 0 Å². The van der Waals surface area contributed by atoms with Crippen molar-refractivity contribution in [3.8, 4) is 28.8 Å². The predicted molar refractivity (Wildman–Crippen MR) is 148 cm³/mol. The number of hydrogen-bond acceptors (Lipinski definition) is 5. The summed E-state index contributed by atoms with van der Waals surface area (Å²) < 4.78 is 12.7. The molecule has 1 amide bonds. The highest BCUT2D eigenvalue weighted by Crippen LogP contribution is 2.28. The Morgan fingerprint density at radius 3 is 2.50 bits per heavy atom. The topological polar surface area (TPSA) is 89.2 Å². The quantitative estimate of drug-likeness (QED) is 0.151. The zero-order valence-corrected chi connectivity index (χ0v) is 21.7. The number of aromatic nitrogens is 2. The SMILES string of the molecule is COCCCNC(=O)C(C#N)=Cc1cn(-c2ccccc2)nc1-c1ccc(OCc2ccc(Cl)cc2)cc1. The standard InChI is InChI=1S/C30H27ClN4O3/c1-37-17-5-16-33-30(36)24(19-32)18-25-20-35(27-6-3-2-4-7-27)34-29(25)23-10-14-28(15-11-23)38-21-22-8-12-26(31)13-9-22/h2-4,6-15,18,20H,5,16-17,21H2,1H3,(H,33,36). The lowest BCUT2D eigenvalue weighted by molar-refractivity contribution is -0.117. The molecule has 38 heavy (non-hydrogen) atoms. The van der Waals surface area contributed by atoms with Crippen LogP contribution in [0.15, 0.2) is 90.6 Å². The van der Waals surface area contributed by atoms with Gasteiger partial charge in [-0.3, -0.25) is 4.79 Å². The molecule has 192 valence electrons. The van der Waals surface area contributed by atoms with Gasteiger partial charge in [-0.15, -0.1) is 0 Å². The number of nitriles is 1. The molecule has 3 aromatic carbocycles. The minimum atomic E-state index is -0.437. The summed E-state index contributed by atoms with van der Waals surface area (Å²) in [7, 11) is 1.60. The molecular weight excluding hydrogens is 500 g/mol. The maximum atomic E-state index is 12.6. The van der Waals surface area contributed by atoms with Gasteiger partial charge in [0.15, 0.2) is 0 Å². The van der Waals surface area contributed by atoms with Gasteiger partial charge in [-0.1, -0.05) is 41.9 Å². The average molecular weight is 527 g/mol. The van der Waals surface area contributed by atoms with Crippen LogP contribution in [0.4, 0.5) is 0 Å². The van der Waals surface area contributed by atoms with E-state index in [1.54, 1.807) is 17.9 Å². The largest absolute Gasteiger partial charge is 0.489 e. The summed E-state index contributed by atoms with van der Waals surface area (Å²) in [6.45, 7) is 1.36. The Balaban J connectivity index is 1.59. The number of carbonyl (C=O) groups is 1. The average Bonchev–Trinajstić information content (AvgIpc) is 3.38. The van der Waals surface area contributed by atoms with E-state index in [0.717, 1.165) is 16.8 Å². The molecule has 0 unspecified atom stereocenters. The third-order valence-corrected chi connectivity index (χ3v) is 5.94. The second kappa shape index (κ2) is 13.2. The molecule has 0 spiro atoms. The van der Waals surface area contributed by atoms with Crippen LogP contribution in [0.3, 0.4) is 0 Å². The highest BCUT2D eigenvalue weighted by atomic mass is 35.5. The van der Waals surface area contributed by atoms with Crippen LogP contribution in [-0.4, -0.2) is 35.9 Å². The van der Waals surface area contributed by atoms with Crippen molar-refractivity contribution < 1.29 is 14.3 Å². The molecule has 0 saturated carbocycles. The lowest BCUT2D eigenvalue weighted by Crippen LogP contribution is -2.26. The summed E-state index contributed by atoms with van der Waals surface area (Å²) in [5.74, 6) is 0.268. The van der Waals surface area contributed by atoms with Gasteiger partial charge in [0.25, 0.3) is 5.91 Å². The van der Waals surface area contributed by atoms with Gasteiger partial charge in [0.2, 0.25) is 0 Å². The molecule has 4 rings (SSSR count). The lowest BCUT2D eigenvalue weighted by Gasteiger charge is -2.08. The van der Waals surface area contributed by atoms with Crippen molar-refractivity contribution in [3.63, 3.8) is 0 Å². The van der Waals surface area contributed by atoms with E-state index in [-0.39, 0.29) is 5.57 Å². The van der Waals surface area contributed by atoms with E-state index in [9.17, 15) is 10.1 Å². The number of halogens is 1. The van der Waals surface area contributed by atoms with Crippen LogP contribution in [0.25, 0.3) is 23.0 Å². The van der Waals surface area contributed by atoms with E-state index in [4.69, 9.17) is 26.2 Å². The number of hydrogen-bond donors (Lipinski definition) is 1. The van der Waals surface area contributed by atoms with Gasteiger partial charge in [-0.25, -0.2) is 4.68 Å². The maximum absolute atomic E-state index is 12.6. The molecule has 7 nitrogen and oxygen atoms in total. The van der Waals surface area contributed by atoms with E-state index < -0.39 is 5.91 Å². The first-order valence-electron chi connectivity index (χ1n) is 12.1. The Hall–Kier alpha value is -4.38. The predicted octanol–water partition coefficient (Wildman–Crippen LogP) is 5.83. The Kier molecular flexibility index (Phi) is 9.30. The molecule has 0 aliphatic carbocycles. The van der Waals surface area contributed by atoms with Crippen molar-refractivity contribution in [2.45, 2.75) is 13.0 Å². The molecular formula is C30H27ClN4O3. The molecule has 0 aliphatic heterocycles. The summed E-state index contributed by atoms with van der Waals surface area (Å²) in [6.07, 6.45) is 4.04. The molecule has 4 aromatic rings. The molecule has 1 heterocycles. The number of amides is 1. The summed E-state index contributed by atoms with van der Waals surface area (Å²) in [4.78, 5) is 12.6. The van der Waals surface area contributed by atoms with Gasteiger partial charge >= 0.3 is 0 Å². The molecule has 0 radical (unpaired) electrons. The molecule has 0 saturated heterocycles. The van der Waals surface area contributed by atoms with Gasteiger partial charge in [0, 0.05) is 42.6 Å². The number of nitrogens with zero attached hydrogens (tertiary/aromatic N) is 3. The van der Waals surface area contributed by atoms with E-state index in [2.05, 4.69) is 5.32 Å². The molecule has 8 heteroatoms. The third-order valence-electron chi connectivity index (χ3n) is 5.69. The van der Waals surface area contributed by atoms with E-state index >= 15 is 0 Å². The van der Waals surface area contributed by atoms with Gasteiger partial charge in [0.1, 0.15) is 24.0 Å². The zero-order chi connectivity index (χ0) is 26.7. The highest BCUT2D eigenvalue weighted by Gasteiger charge is 2.15. The van der Waals surface area contributed by atoms with E-state index in [0.29, 0.717) is 48.2 Å². The van der Waals surface area contributed by atoms with Gasteiger partial charge < -0.3 is 14.8 Å². The van der Waals surface area contributed by atoms with Gasteiger partial charge in [0.05, 0.1) is 11.4 Å². The Labute approximate surface area is 226 Å². The van der Waals surface area contributed by atoms with Crippen LogP contribution in [0.5, 0.6) is 5.75 Å². The first kappa shape index (κ1) is 26.7. The van der Waals surface area contributed by atoms with Crippen molar-refractivity contribution in [1.82, 2.24) is 15.1 Å². The normalized spacial score (nSPS) is 11.1. The van der Waals surface area contributed by atoms with E-state index in [1.165, 1.54) is 0 Å². The van der Waals surface area contributed by atoms with Gasteiger partial charge in [-0.2, -0.15) is 10.4 Å². The van der Waals surface area contributed by atoms with Crippen LogP contribution in [0, 0.1) is 11.3 Å². The molecule has 1 N–H and O–H groups in total. The number of carbonyl (C=O) groups excluding carboxylic acids is 1. The summed E-state index contributed by atoms with van der Waals surface area (Å²) >= 11 is 5.95. The van der Waals surface area contributed by atoms with Crippen LogP contribution in [0.2, 0.25) is 5.02 Å². The molecule has 0 atom stereocenters. The highest BCUT2D eigenvalue weighted by molar-refractivity contribution is 6.30. The Morgan fingerprint density at radius 2 is 1.82 bits per heavy atom. The smallest absolute Gasteiger partial charge is 0.261 e. The Bertz CT molecular complexity index is 1420. The number of ether oxygens (including phenoxy) is 2. The number of benzene rings is 3. The number of para-hydroxylation sites is 1. The van der Waals surface area contributed by atoms with Crippen LogP contribution >= 0.6 is 11.6 Å². The Morgan fingerprint density at radius 1 is 1.08 bits per heavy atom. The number of methoxy groups -OCH3 is 1. The maximum Gasteiger partial charge on any atom is 0.261 e. The fourth-order valence-corrected chi connectivity index (χ4v) is 3.83. The number of nitrogens with one attached hydrogen (secondary N) is 1. The first-order chi connectivity index (χ1) is 18.6. The fraction of sp³-hybridized carbons (Fsp3) is 0.167. The monoisotopic (exact) mass is 526 g/mol. The third kappa shape index (κ3) is 7.10. The molecule has 0 bridgehead atoms. The van der Waals surface area contributed by atoms with Crippen molar-refractivity contribution >= 4 is 23.6 Å². The summed E-state index contributed by atoms with van der Waals surface area (Å²) in [6, 6.07) is 26.7. The van der Waals surface area contributed by atoms with Crippen molar-refractivity contribution in [3.05, 3.63) is 107 Å². The van der Waals surface area contributed by atoms with Crippen LogP contribution < -0.4 is 10.1 Å². The van der Waals surface area contributed by atoms with Crippen LogP contribution in [0.1, 0.15) is 17.5 Å². The zero-order valence-electron chi connectivity index (χ0n) is 20.9. The first-order valence-corrected chi connectivity index (χ1v) is 12.5. The number of rotatable bonds is 11. The van der Waals surface area contributed by atoms with E-state index in [1.807, 2.05) is 91.1 Å². The summed E-state index contributed by atoms with van der Waals surface area (Å²) in [5, 5.41) is 17.9. The lowest BCUT2D eigenvalue weighted by atomic mass is 10.1. The minimum absolute atomic E-state index is 0.000744. The van der Waals surface area contributed by atoms with Crippen LogP contribution in [-0.2, 0) is 16.1 Å². The second-order valence-electron chi connectivity index (χ2n) is 8.42. The van der Waals surface area contributed by atoms with Crippen molar-refractivity contribution in [2.75, 3.05) is 20.3 Å².